The summed E-state index contributed by atoms with van der Waals surface area (Å²) in [6.07, 6.45) is -0.422. The van der Waals surface area contributed by atoms with Crippen LogP contribution in [0, 0.1) is 0 Å². The van der Waals surface area contributed by atoms with Crippen LogP contribution in [-0.2, 0) is 0 Å². The molecule has 0 fully saturated rings. The maximum absolute atomic E-state index is 9.78. The second kappa shape index (κ2) is 7.64. The largest absolute Gasteiger partial charge is 0.411 e. The smallest absolute Gasteiger partial charge is 0.168 e. The highest BCUT2D eigenvalue weighted by Gasteiger charge is 2.32. The average Bonchev–Trinajstić information content (AvgIpc) is 3.16. The van der Waals surface area contributed by atoms with Crippen molar-refractivity contribution in [2.75, 3.05) is 11.4 Å². The molecule has 0 amide bonds. The predicted octanol–water partition coefficient (Wildman–Crippen LogP) is 4.85. The van der Waals surface area contributed by atoms with Crippen molar-refractivity contribution in [3.05, 3.63) is 101 Å². The number of hydrogen-bond acceptors (Lipinski definition) is 4. The molecule has 4 rings (SSSR count). The average molecular weight is 376 g/mol. The summed E-state index contributed by atoms with van der Waals surface area (Å²) in [7, 11) is 0. The van der Waals surface area contributed by atoms with Gasteiger partial charge in [0.2, 0.25) is 0 Å². The molecule has 5 heteroatoms. The Balaban J connectivity index is 1.77. The van der Waals surface area contributed by atoms with E-state index in [2.05, 4.69) is 10.1 Å². The molecule has 1 atom stereocenters. The molecule has 0 bridgehead atoms. The zero-order valence-electron chi connectivity index (χ0n) is 14.5. The minimum atomic E-state index is -0.422. The van der Waals surface area contributed by atoms with Gasteiger partial charge in [-0.25, -0.2) is 0 Å². The molecule has 27 heavy (non-hydrogen) atoms. The van der Waals surface area contributed by atoms with Crippen LogP contribution in [0.3, 0.4) is 0 Å². The Hall–Kier alpha value is -3.11. The number of rotatable bonds is 4. The second-order valence-electron chi connectivity index (χ2n) is 6.27. The van der Waals surface area contributed by atoms with Crippen LogP contribution in [0.4, 0.5) is 5.69 Å². The van der Waals surface area contributed by atoms with Crippen molar-refractivity contribution < 1.29 is 5.21 Å². The van der Waals surface area contributed by atoms with Crippen LogP contribution in [0.25, 0.3) is 0 Å². The molecule has 4 nitrogen and oxygen atoms in total. The second-order valence-corrected chi connectivity index (χ2v) is 6.71. The first-order valence-corrected chi connectivity index (χ1v) is 9.06. The van der Waals surface area contributed by atoms with Gasteiger partial charge in [0.1, 0.15) is 5.71 Å². The van der Waals surface area contributed by atoms with Crippen LogP contribution < -0.4 is 4.90 Å². The molecule has 0 saturated heterocycles. The minimum absolute atomic E-state index is 0.422. The molecule has 0 saturated carbocycles. The molecule has 1 aliphatic heterocycles. The number of benzene rings is 3. The fraction of sp³-hybridized carbons (Fsp3) is 0.0909. The molecular formula is C22H18ClN3O. The van der Waals surface area contributed by atoms with Crippen molar-refractivity contribution >= 4 is 28.7 Å². The van der Waals surface area contributed by atoms with Gasteiger partial charge in [-0.15, -0.1) is 0 Å². The number of oxime groups is 1. The Labute approximate surface area is 163 Å². The quantitative estimate of drug-likeness (QED) is 0.402. The molecule has 1 aliphatic rings. The summed E-state index contributed by atoms with van der Waals surface area (Å²) in [5.41, 5.74) is 4.33. The predicted molar refractivity (Wildman–Crippen MR) is 110 cm³/mol. The van der Waals surface area contributed by atoms with E-state index >= 15 is 0 Å². The third-order valence-corrected chi connectivity index (χ3v) is 4.83. The summed E-state index contributed by atoms with van der Waals surface area (Å²) in [6.45, 7) is 0.613. The fourth-order valence-electron chi connectivity index (χ4n) is 3.24. The molecule has 0 aromatic heterocycles. The lowest BCUT2D eigenvalue weighted by atomic mass is 10.1. The van der Waals surface area contributed by atoms with E-state index in [4.69, 9.17) is 16.6 Å². The minimum Gasteiger partial charge on any atom is -0.411 e. The van der Waals surface area contributed by atoms with E-state index in [1.165, 1.54) is 0 Å². The van der Waals surface area contributed by atoms with Crippen molar-refractivity contribution in [3.63, 3.8) is 0 Å². The summed E-state index contributed by atoms with van der Waals surface area (Å²) in [4.78, 5) is 7.02. The number of halogens is 1. The van der Waals surface area contributed by atoms with Crippen molar-refractivity contribution in [3.8, 4) is 0 Å². The Morgan fingerprint density at radius 2 is 1.56 bits per heavy atom. The van der Waals surface area contributed by atoms with Gasteiger partial charge >= 0.3 is 0 Å². The van der Waals surface area contributed by atoms with Gasteiger partial charge in [0.15, 0.2) is 6.17 Å². The molecule has 1 unspecified atom stereocenters. The molecule has 3 aromatic carbocycles. The molecule has 0 spiro atoms. The Morgan fingerprint density at radius 3 is 2.19 bits per heavy atom. The summed E-state index contributed by atoms with van der Waals surface area (Å²) >= 11 is 6.05. The molecule has 0 aliphatic carbocycles. The monoisotopic (exact) mass is 375 g/mol. The van der Waals surface area contributed by atoms with E-state index in [0.29, 0.717) is 17.3 Å². The maximum Gasteiger partial charge on any atom is 0.168 e. The topological polar surface area (TPSA) is 48.2 Å². The summed E-state index contributed by atoms with van der Waals surface area (Å²) in [5, 5.41) is 14.1. The third kappa shape index (κ3) is 3.57. The maximum atomic E-state index is 9.78. The van der Waals surface area contributed by atoms with E-state index in [9.17, 15) is 5.21 Å². The van der Waals surface area contributed by atoms with E-state index in [1.54, 1.807) is 0 Å². The highest BCUT2D eigenvalue weighted by atomic mass is 35.5. The SMILES string of the molecule is ON=C(c1ccccc1)C1N=C(c2ccccc2)CN1c1ccc(Cl)cc1. The van der Waals surface area contributed by atoms with Gasteiger partial charge in [-0.3, -0.25) is 4.99 Å². The number of nitrogens with zero attached hydrogens (tertiary/aromatic N) is 3. The van der Waals surface area contributed by atoms with E-state index in [0.717, 1.165) is 22.5 Å². The number of hydrogen-bond donors (Lipinski definition) is 1. The van der Waals surface area contributed by atoms with Gasteiger partial charge in [-0.1, -0.05) is 77.4 Å². The first-order valence-electron chi connectivity index (χ1n) is 8.68. The Morgan fingerprint density at radius 1 is 0.926 bits per heavy atom. The lowest BCUT2D eigenvalue weighted by Gasteiger charge is -2.26. The van der Waals surface area contributed by atoms with Crippen LogP contribution in [0.15, 0.2) is 95.1 Å². The van der Waals surface area contributed by atoms with Crippen molar-refractivity contribution in [2.24, 2.45) is 10.1 Å². The van der Waals surface area contributed by atoms with Crippen LogP contribution in [0.1, 0.15) is 11.1 Å². The van der Waals surface area contributed by atoms with Gasteiger partial charge in [-0.2, -0.15) is 0 Å². The number of aliphatic imine (C=N–C) groups is 1. The van der Waals surface area contributed by atoms with Gasteiger partial charge in [0.25, 0.3) is 0 Å². The van der Waals surface area contributed by atoms with E-state index < -0.39 is 6.17 Å². The lowest BCUT2D eigenvalue weighted by Crippen LogP contribution is -2.37. The van der Waals surface area contributed by atoms with Crippen LogP contribution in [-0.4, -0.2) is 29.3 Å². The standard InChI is InChI=1S/C22H18ClN3O/c23-18-11-13-19(14-12-18)26-15-20(16-7-3-1-4-8-16)24-22(26)21(25-27)17-9-5-2-6-10-17/h1-14,22,27H,15H2. The van der Waals surface area contributed by atoms with Crippen molar-refractivity contribution in [2.45, 2.75) is 6.17 Å². The summed E-state index contributed by atoms with van der Waals surface area (Å²) in [5.74, 6) is 0. The van der Waals surface area contributed by atoms with Gasteiger partial charge in [0.05, 0.1) is 12.3 Å². The van der Waals surface area contributed by atoms with Gasteiger partial charge in [0, 0.05) is 16.3 Å². The van der Waals surface area contributed by atoms with Crippen molar-refractivity contribution in [1.29, 1.82) is 0 Å². The molecular weight excluding hydrogens is 358 g/mol. The fourth-order valence-corrected chi connectivity index (χ4v) is 3.37. The first kappa shape index (κ1) is 17.3. The Kier molecular flexibility index (Phi) is 4.90. The van der Waals surface area contributed by atoms with Gasteiger partial charge in [-0.05, 0) is 29.8 Å². The molecule has 0 radical (unpaired) electrons. The molecule has 134 valence electrons. The van der Waals surface area contributed by atoms with Crippen LogP contribution in [0.2, 0.25) is 5.02 Å². The molecule has 1 heterocycles. The highest BCUT2D eigenvalue weighted by molar-refractivity contribution is 6.30. The van der Waals surface area contributed by atoms with Crippen LogP contribution in [0.5, 0.6) is 0 Å². The number of anilines is 1. The Bertz CT molecular complexity index is 969. The zero-order chi connectivity index (χ0) is 18.6. The lowest BCUT2D eigenvalue weighted by molar-refractivity contribution is 0.317. The molecule has 3 aromatic rings. The first-order chi connectivity index (χ1) is 13.3. The van der Waals surface area contributed by atoms with E-state index in [-0.39, 0.29) is 0 Å². The highest BCUT2D eigenvalue weighted by Crippen LogP contribution is 2.27. The van der Waals surface area contributed by atoms with Crippen molar-refractivity contribution in [1.82, 2.24) is 0 Å². The van der Waals surface area contributed by atoms with E-state index in [1.807, 2.05) is 84.9 Å². The summed E-state index contributed by atoms with van der Waals surface area (Å²) in [6, 6.07) is 27.3. The van der Waals surface area contributed by atoms with Gasteiger partial charge < -0.3 is 10.1 Å². The zero-order valence-corrected chi connectivity index (χ0v) is 15.3. The third-order valence-electron chi connectivity index (χ3n) is 4.58. The summed E-state index contributed by atoms with van der Waals surface area (Å²) < 4.78 is 0. The normalized spacial score (nSPS) is 17.1. The molecule has 1 N–H and O–H groups in total. The van der Waals surface area contributed by atoms with Crippen LogP contribution >= 0.6 is 11.6 Å².